The predicted molar refractivity (Wildman–Crippen MR) is 68.3 cm³/mol. The van der Waals surface area contributed by atoms with Crippen molar-refractivity contribution in [1.82, 2.24) is 0 Å². The highest BCUT2D eigenvalue weighted by Crippen LogP contribution is 2.36. The van der Waals surface area contributed by atoms with Crippen LogP contribution in [0, 0.1) is 6.92 Å². The second-order valence-electron chi connectivity index (χ2n) is 4.83. The first kappa shape index (κ1) is 12.3. The van der Waals surface area contributed by atoms with Gasteiger partial charge in [-0.25, -0.2) is 0 Å². The number of hydrogen-bond acceptors (Lipinski definition) is 2. The van der Waals surface area contributed by atoms with Crippen molar-refractivity contribution in [1.29, 1.82) is 0 Å². The van der Waals surface area contributed by atoms with Crippen molar-refractivity contribution in [3.63, 3.8) is 0 Å². The molecule has 1 fully saturated rings. The van der Waals surface area contributed by atoms with Crippen molar-refractivity contribution in [2.24, 2.45) is 0 Å². The highest BCUT2D eigenvalue weighted by molar-refractivity contribution is 6.02. The SMILES string of the molecule is CCOC1(C(=O)c2cccc(C)c2)CCCC1. The Morgan fingerprint density at radius 2 is 2.06 bits per heavy atom. The topological polar surface area (TPSA) is 26.3 Å². The van der Waals surface area contributed by atoms with Gasteiger partial charge in [-0.05, 0) is 45.6 Å². The smallest absolute Gasteiger partial charge is 0.194 e. The van der Waals surface area contributed by atoms with E-state index in [4.69, 9.17) is 4.74 Å². The van der Waals surface area contributed by atoms with Crippen LogP contribution in [0.2, 0.25) is 0 Å². The summed E-state index contributed by atoms with van der Waals surface area (Å²) in [5.41, 5.74) is 1.38. The minimum atomic E-state index is -0.539. The summed E-state index contributed by atoms with van der Waals surface area (Å²) in [5.74, 6) is 0.167. The van der Waals surface area contributed by atoms with Gasteiger partial charge in [-0.3, -0.25) is 4.79 Å². The van der Waals surface area contributed by atoms with E-state index >= 15 is 0 Å². The minimum absolute atomic E-state index is 0.167. The average molecular weight is 232 g/mol. The van der Waals surface area contributed by atoms with E-state index in [9.17, 15) is 4.79 Å². The molecule has 1 saturated carbocycles. The fraction of sp³-hybridized carbons (Fsp3) is 0.533. The van der Waals surface area contributed by atoms with Crippen LogP contribution in [-0.4, -0.2) is 18.0 Å². The number of aryl methyl sites for hydroxylation is 1. The molecular formula is C15H20O2. The molecule has 1 aliphatic rings. The van der Waals surface area contributed by atoms with Gasteiger partial charge in [0, 0.05) is 12.2 Å². The van der Waals surface area contributed by atoms with Crippen molar-refractivity contribution in [2.45, 2.75) is 45.1 Å². The van der Waals surface area contributed by atoms with Gasteiger partial charge in [0.05, 0.1) is 0 Å². The van der Waals surface area contributed by atoms with Gasteiger partial charge in [0.1, 0.15) is 5.60 Å². The van der Waals surface area contributed by atoms with Crippen molar-refractivity contribution in [2.75, 3.05) is 6.61 Å². The summed E-state index contributed by atoms with van der Waals surface area (Å²) < 4.78 is 5.80. The first-order valence-corrected chi connectivity index (χ1v) is 6.43. The molecule has 0 heterocycles. The van der Waals surface area contributed by atoms with Crippen molar-refractivity contribution < 1.29 is 9.53 Å². The fourth-order valence-electron chi connectivity index (χ4n) is 2.71. The van der Waals surface area contributed by atoms with Gasteiger partial charge in [-0.15, -0.1) is 0 Å². The van der Waals surface area contributed by atoms with Crippen LogP contribution in [0.15, 0.2) is 24.3 Å². The van der Waals surface area contributed by atoms with E-state index < -0.39 is 5.60 Å². The molecule has 2 rings (SSSR count). The molecule has 0 saturated heterocycles. The predicted octanol–water partition coefficient (Wildman–Crippen LogP) is 3.53. The average Bonchev–Trinajstić information content (AvgIpc) is 2.78. The lowest BCUT2D eigenvalue weighted by molar-refractivity contribution is -0.0163. The number of ether oxygens (including phenoxy) is 1. The van der Waals surface area contributed by atoms with Crippen LogP contribution < -0.4 is 0 Å². The van der Waals surface area contributed by atoms with Gasteiger partial charge in [0.15, 0.2) is 5.78 Å². The molecule has 0 aromatic heterocycles. The fourth-order valence-corrected chi connectivity index (χ4v) is 2.71. The molecule has 2 nitrogen and oxygen atoms in total. The van der Waals surface area contributed by atoms with E-state index in [1.165, 1.54) is 0 Å². The molecule has 2 heteroatoms. The lowest BCUT2D eigenvalue weighted by Gasteiger charge is -2.27. The molecule has 0 N–H and O–H groups in total. The van der Waals surface area contributed by atoms with Gasteiger partial charge < -0.3 is 4.74 Å². The third-order valence-electron chi connectivity index (χ3n) is 3.53. The van der Waals surface area contributed by atoms with Gasteiger partial charge in [-0.2, -0.15) is 0 Å². The summed E-state index contributed by atoms with van der Waals surface area (Å²) in [6.07, 6.45) is 3.93. The molecule has 1 aromatic carbocycles. The summed E-state index contributed by atoms with van der Waals surface area (Å²) in [4.78, 5) is 12.6. The van der Waals surface area contributed by atoms with E-state index in [1.807, 2.05) is 38.1 Å². The Labute approximate surface area is 103 Å². The zero-order valence-corrected chi connectivity index (χ0v) is 10.7. The van der Waals surface area contributed by atoms with E-state index in [2.05, 4.69) is 0 Å². The highest BCUT2D eigenvalue weighted by Gasteiger charge is 2.42. The highest BCUT2D eigenvalue weighted by atomic mass is 16.5. The van der Waals surface area contributed by atoms with Gasteiger partial charge in [-0.1, -0.05) is 23.8 Å². The molecule has 0 aliphatic heterocycles. The molecule has 0 radical (unpaired) electrons. The van der Waals surface area contributed by atoms with E-state index in [0.29, 0.717) is 6.61 Å². The number of rotatable bonds is 4. The summed E-state index contributed by atoms with van der Waals surface area (Å²) in [5, 5.41) is 0. The second-order valence-corrected chi connectivity index (χ2v) is 4.83. The van der Waals surface area contributed by atoms with Crippen LogP contribution in [0.5, 0.6) is 0 Å². The molecule has 17 heavy (non-hydrogen) atoms. The van der Waals surface area contributed by atoms with Crippen LogP contribution in [0.1, 0.15) is 48.5 Å². The van der Waals surface area contributed by atoms with E-state index in [1.54, 1.807) is 0 Å². The van der Waals surface area contributed by atoms with E-state index in [0.717, 1.165) is 36.8 Å². The first-order chi connectivity index (χ1) is 8.18. The lowest BCUT2D eigenvalue weighted by Crippen LogP contribution is -2.38. The zero-order valence-electron chi connectivity index (χ0n) is 10.7. The Hall–Kier alpha value is -1.15. The van der Waals surface area contributed by atoms with Crippen LogP contribution in [0.4, 0.5) is 0 Å². The monoisotopic (exact) mass is 232 g/mol. The van der Waals surface area contributed by atoms with Gasteiger partial charge in [0.25, 0.3) is 0 Å². The number of ketones is 1. The largest absolute Gasteiger partial charge is 0.367 e. The lowest BCUT2D eigenvalue weighted by atomic mass is 9.90. The number of Topliss-reactive ketones (excluding diaryl/α,β-unsaturated/α-hetero) is 1. The minimum Gasteiger partial charge on any atom is -0.367 e. The van der Waals surface area contributed by atoms with Crippen LogP contribution in [-0.2, 0) is 4.74 Å². The molecule has 0 atom stereocenters. The van der Waals surface area contributed by atoms with Crippen LogP contribution in [0.25, 0.3) is 0 Å². The number of carbonyl (C=O) groups is 1. The molecule has 0 unspecified atom stereocenters. The summed E-state index contributed by atoms with van der Waals surface area (Å²) in [6, 6.07) is 7.81. The quantitative estimate of drug-likeness (QED) is 0.742. The molecule has 0 amide bonds. The summed E-state index contributed by atoms with van der Waals surface area (Å²) in [7, 11) is 0. The molecule has 0 bridgehead atoms. The van der Waals surface area contributed by atoms with Crippen molar-refractivity contribution in [3.8, 4) is 0 Å². The van der Waals surface area contributed by atoms with Gasteiger partial charge >= 0.3 is 0 Å². The van der Waals surface area contributed by atoms with Crippen molar-refractivity contribution >= 4 is 5.78 Å². The molecule has 92 valence electrons. The van der Waals surface area contributed by atoms with Gasteiger partial charge in [0.2, 0.25) is 0 Å². The number of hydrogen-bond donors (Lipinski definition) is 0. The molecule has 0 spiro atoms. The Morgan fingerprint density at radius 3 is 2.65 bits per heavy atom. The maximum Gasteiger partial charge on any atom is 0.194 e. The number of benzene rings is 1. The second kappa shape index (κ2) is 5.01. The normalized spacial score (nSPS) is 18.2. The Balaban J connectivity index is 2.28. The summed E-state index contributed by atoms with van der Waals surface area (Å²) in [6.45, 7) is 4.58. The molecule has 1 aromatic rings. The first-order valence-electron chi connectivity index (χ1n) is 6.43. The molecular weight excluding hydrogens is 212 g/mol. The standard InChI is InChI=1S/C15H20O2/c1-3-17-15(9-4-5-10-15)14(16)13-8-6-7-12(2)11-13/h6-8,11H,3-5,9-10H2,1-2H3. The van der Waals surface area contributed by atoms with E-state index in [-0.39, 0.29) is 5.78 Å². The zero-order chi connectivity index (χ0) is 12.3. The maximum atomic E-state index is 12.6. The molecule has 1 aliphatic carbocycles. The number of carbonyl (C=O) groups excluding carboxylic acids is 1. The van der Waals surface area contributed by atoms with Crippen LogP contribution >= 0.6 is 0 Å². The van der Waals surface area contributed by atoms with Crippen molar-refractivity contribution in [3.05, 3.63) is 35.4 Å². The Kier molecular flexibility index (Phi) is 3.63. The third kappa shape index (κ3) is 2.42. The Morgan fingerprint density at radius 1 is 1.35 bits per heavy atom. The maximum absolute atomic E-state index is 12.6. The summed E-state index contributed by atoms with van der Waals surface area (Å²) >= 11 is 0. The third-order valence-corrected chi connectivity index (χ3v) is 3.53. The van der Waals surface area contributed by atoms with Crippen LogP contribution in [0.3, 0.4) is 0 Å². The Bertz CT molecular complexity index is 403.